The minimum absolute atomic E-state index is 0.0503. The van der Waals surface area contributed by atoms with Crippen LogP contribution in [0.25, 0.3) is 0 Å². The molecule has 0 spiro atoms. The number of aryl methyl sites for hydroxylation is 3. The SMILES string of the molecule is Cc1cc(C)c(C#N)c(SCC(=O)Nc2cc(S(=O)(=O)N(C)C)ccc2C)n1. The highest BCUT2D eigenvalue weighted by Gasteiger charge is 2.19. The molecule has 1 heterocycles. The Labute approximate surface area is 169 Å². The number of sulfonamides is 1. The molecule has 148 valence electrons. The van der Waals surface area contributed by atoms with Crippen LogP contribution in [0.3, 0.4) is 0 Å². The first-order valence-electron chi connectivity index (χ1n) is 8.40. The van der Waals surface area contributed by atoms with Crippen LogP contribution in [0.15, 0.2) is 34.2 Å². The average Bonchev–Trinajstić information content (AvgIpc) is 2.61. The first-order valence-corrected chi connectivity index (χ1v) is 10.8. The minimum atomic E-state index is -3.59. The first kappa shape index (κ1) is 21.9. The van der Waals surface area contributed by atoms with Gasteiger partial charge in [-0.15, -0.1) is 0 Å². The van der Waals surface area contributed by atoms with Crippen molar-refractivity contribution in [1.82, 2.24) is 9.29 Å². The van der Waals surface area contributed by atoms with Crippen LogP contribution in [0.5, 0.6) is 0 Å². The highest BCUT2D eigenvalue weighted by molar-refractivity contribution is 8.00. The summed E-state index contributed by atoms with van der Waals surface area (Å²) in [7, 11) is -0.691. The zero-order chi connectivity index (χ0) is 21.1. The van der Waals surface area contributed by atoms with Crippen LogP contribution in [0, 0.1) is 32.1 Å². The molecule has 1 aromatic carbocycles. The van der Waals surface area contributed by atoms with E-state index in [1.54, 1.807) is 13.0 Å². The molecule has 28 heavy (non-hydrogen) atoms. The van der Waals surface area contributed by atoms with Gasteiger partial charge in [0.2, 0.25) is 15.9 Å². The number of nitrogens with one attached hydrogen (secondary N) is 1. The van der Waals surface area contributed by atoms with Crippen molar-refractivity contribution in [2.75, 3.05) is 25.2 Å². The summed E-state index contributed by atoms with van der Waals surface area (Å²) in [6, 6.07) is 8.55. The third-order valence-corrected chi connectivity index (χ3v) is 6.81. The number of carbonyl (C=O) groups excluding carboxylic acids is 1. The van der Waals surface area contributed by atoms with E-state index in [9.17, 15) is 18.5 Å². The van der Waals surface area contributed by atoms with Gasteiger partial charge in [0.1, 0.15) is 11.1 Å². The summed E-state index contributed by atoms with van der Waals surface area (Å²) in [5.41, 5.74) is 3.23. The number of hydrogen-bond acceptors (Lipinski definition) is 6. The van der Waals surface area contributed by atoms with Gasteiger partial charge in [-0.25, -0.2) is 17.7 Å². The van der Waals surface area contributed by atoms with E-state index in [-0.39, 0.29) is 16.6 Å². The number of pyridine rings is 1. The number of hydrogen-bond donors (Lipinski definition) is 1. The monoisotopic (exact) mass is 418 g/mol. The maximum absolute atomic E-state index is 12.4. The lowest BCUT2D eigenvalue weighted by atomic mass is 10.1. The third kappa shape index (κ3) is 4.90. The van der Waals surface area contributed by atoms with Crippen LogP contribution in [0.2, 0.25) is 0 Å². The van der Waals surface area contributed by atoms with Crippen molar-refractivity contribution in [2.24, 2.45) is 0 Å². The van der Waals surface area contributed by atoms with Crippen molar-refractivity contribution >= 4 is 33.4 Å². The Morgan fingerprint density at radius 2 is 1.89 bits per heavy atom. The zero-order valence-electron chi connectivity index (χ0n) is 16.4. The summed E-state index contributed by atoms with van der Waals surface area (Å²) in [4.78, 5) is 16.8. The van der Waals surface area contributed by atoms with Gasteiger partial charge in [-0.05, 0) is 50.1 Å². The first-order chi connectivity index (χ1) is 13.1. The summed E-state index contributed by atoms with van der Waals surface area (Å²) in [6.45, 7) is 5.45. The number of benzene rings is 1. The Bertz CT molecular complexity index is 1060. The van der Waals surface area contributed by atoms with Crippen molar-refractivity contribution in [2.45, 2.75) is 30.7 Å². The highest BCUT2D eigenvalue weighted by atomic mass is 32.2. The number of anilines is 1. The van der Waals surface area contributed by atoms with E-state index < -0.39 is 10.0 Å². The molecule has 0 bridgehead atoms. The zero-order valence-corrected chi connectivity index (χ0v) is 18.0. The number of nitriles is 1. The molecule has 1 amide bonds. The van der Waals surface area contributed by atoms with E-state index >= 15 is 0 Å². The fourth-order valence-electron chi connectivity index (χ4n) is 2.47. The van der Waals surface area contributed by atoms with Crippen LogP contribution in [-0.4, -0.2) is 43.5 Å². The van der Waals surface area contributed by atoms with Gasteiger partial charge in [0.25, 0.3) is 0 Å². The largest absolute Gasteiger partial charge is 0.325 e. The lowest BCUT2D eigenvalue weighted by Crippen LogP contribution is -2.22. The van der Waals surface area contributed by atoms with Crippen LogP contribution in [0.4, 0.5) is 5.69 Å². The van der Waals surface area contributed by atoms with E-state index in [4.69, 9.17) is 0 Å². The Balaban J connectivity index is 2.18. The smallest absolute Gasteiger partial charge is 0.242 e. The number of rotatable bonds is 6. The molecule has 9 heteroatoms. The van der Waals surface area contributed by atoms with Crippen LogP contribution in [0.1, 0.15) is 22.4 Å². The summed E-state index contributed by atoms with van der Waals surface area (Å²) in [5, 5.41) is 12.6. The number of nitrogens with zero attached hydrogens (tertiary/aromatic N) is 3. The second kappa shape index (κ2) is 8.73. The fraction of sp³-hybridized carbons (Fsp3) is 0.316. The topological polar surface area (TPSA) is 103 Å². The third-order valence-electron chi connectivity index (χ3n) is 4.02. The van der Waals surface area contributed by atoms with Crippen LogP contribution in [-0.2, 0) is 14.8 Å². The second-order valence-electron chi connectivity index (χ2n) is 6.47. The van der Waals surface area contributed by atoms with Gasteiger partial charge in [0.05, 0.1) is 16.2 Å². The normalized spacial score (nSPS) is 11.3. The quantitative estimate of drug-likeness (QED) is 0.724. The number of carbonyl (C=O) groups is 1. The molecular weight excluding hydrogens is 396 g/mol. The Hall–Kier alpha value is -2.41. The lowest BCUT2D eigenvalue weighted by molar-refractivity contribution is -0.113. The van der Waals surface area contributed by atoms with Gasteiger partial charge in [-0.3, -0.25) is 4.79 Å². The van der Waals surface area contributed by atoms with Gasteiger partial charge in [0, 0.05) is 25.5 Å². The molecule has 7 nitrogen and oxygen atoms in total. The number of amides is 1. The van der Waals surface area contributed by atoms with Crippen LogP contribution < -0.4 is 5.32 Å². The molecule has 0 aliphatic carbocycles. The molecule has 0 unspecified atom stereocenters. The molecule has 2 rings (SSSR count). The van der Waals surface area contributed by atoms with Crippen molar-refractivity contribution in [1.29, 1.82) is 5.26 Å². The molecule has 0 radical (unpaired) electrons. The minimum Gasteiger partial charge on any atom is -0.325 e. The average molecular weight is 419 g/mol. The maximum atomic E-state index is 12.4. The van der Waals surface area contributed by atoms with Crippen LogP contribution >= 0.6 is 11.8 Å². The molecule has 2 aromatic rings. The van der Waals surface area contributed by atoms with Gasteiger partial charge in [0.15, 0.2) is 0 Å². The second-order valence-corrected chi connectivity index (χ2v) is 9.59. The molecule has 0 aliphatic rings. The standard InChI is InChI=1S/C19H22N4O3S2/c1-12-6-7-15(28(25,26)23(4)5)9-17(12)22-18(24)11-27-19-16(10-20)13(2)8-14(3)21-19/h6-9H,11H2,1-5H3,(H,22,24). The van der Waals surface area contributed by atoms with E-state index in [1.165, 1.54) is 38.0 Å². The summed E-state index contributed by atoms with van der Waals surface area (Å²) in [5.74, 6) is -0.258. The van der Waals surface area contributed by atoms with E-state index in [2.05, 4.69) is 16.4 Å². The van der Waals surface area contributed by atoms with Gasteiger partial charge in [-0.1, -0.05) is 17.8 Å². The molecule has 0 saturated heterocycles. The molecule has 0 fully saturated rings. The number of aromatic nitrogens is 1. The van der Waals surface area contributed by atoms with Gasteiger partial charge in [-0.2, -0.15) is 5.26 Å². The highest BCUT2D eigenvalue weighted by Crippen LogP contribution is 2.25. The Morgan fingerprint density at radius 3 is 2.50 bits per heavy atom. The fourth-order valence-corrected chi connectivity index (χ4v) is 4.30. The van der Waals surface area contributed by atoms with Gasteiger partial charge < -0.3 is 5.32 Å². The summed E-state index contributed by atoms with van der Waals surface area (Å²) < 4.78 is 25.7. The summed E-state index contributed by atoms with van der Waals surface area (Å²) >= 11 is 1.18. The van der Waals surface area contributed by atoms with E-state index in [0.29, 0.717) is 16.3 Å². The number of thioether (sulfide) groups is 1. The molecule has 0 saturated carbocycles. The van der Waals surface area contributed by atoms with Crippen molar-refractivity contribution in [3.05, 3.63) is 46.6 Å². The molecule has 1 aromatic heterocycles. The predicted octanol–water partition coefficient (Wildman–Crippen LogP) is 2.86. The Morgan fingerprint density at radius 1 is 1.21 bits per heavy atom. The molecule has 0 atom stereocenters. The van der Waals surface area contributed by atoms with Crippen molar-refractivity contribution in [3.8, 4) is 6.07 Å². The van der Waals surface area contributed by atoms with Gasteiger partial charge >= 0.3 is 0 Å². The van der Waals surface area contributed by atoms with Crippen molar-refractivity contribution < 1.29 is 13.2 Å². The predicted molar refractivity (Wildman–Crippen MR) is 110 cm³/mol. The van der Waals surface area contributed by atoms with E-state index in [0.717, 1.165) is 21.1 Å². The van der Waals surface area contributed by atoms with E-state index in [1.807, 2.05) is 19.9 Å². The lowest BCUT2D eigenvalue weighted by Gasteiger charge is -2.14. The molecule has 0 aliphatic heterocycles. The van der Waals surface area contributed by atoms with Crippen molar-refractivity contribution in [3.63, 3.8) is 0 Å². The molecule has 1 N–H and O–H groups in total. The molecular formula is C19H22N4O3S2. The summed E-state index contributed by atoms with van der Waals surface area (Å²) in [6.07, 6.45) is 0. The maximum Gasteiger partial charge on any atom is 0.242 e. The Kier molecular flexibility index (Phi) is 6.82.